The summed E-state index contributed by atoms with van der Waals surface area (Å²) >= 11 is 0. The summed E-state index contributed by atoms with van der Waals surface area (Å²) < 4.78 is 18.5. The lowest BCUT2D eigenvalue weighted by atomic mass is 10.2. The Hall–Kier alpha value is -3.07. The van der Waals surface area contributed by atoms with Crippen molar-refractivity contribution in [2.45, 2.75) is 0 Å². The third kappa shape index (κ3) is 4.49. The van der Waals surface area contributed by atoms with Crippen molar-refractivity contribution in [1.29, 1.82) is 5.26 Å². The molecule has 5 nitrogen and oxygen atoms in total. The van der Waals surface area contributed by atoms with Gasteiger partial charge in [-0.1, -0.05) is 12.1 Å². The normalized spacial score (nSPS) is 9.64. The van der Waals surface area contributed by atoms with Crippen LogP contribution in [0.1, 0.15) is 5.56 Å². The molecule has 0 spiro atoms. The SMILES string of the molecule is N#Cc1ccc(NC(=O)NCCOc2ccccc2F)cc1. The second kappa shape index (κ2) is 7.64. The van der Waals surface area contributed by atoms with Crippen molar-refractivity contribution in [3.8, 4) is 11.8 Å². The second-order valence-corrected chi connectivity index (χ2v) is 4.35. The summed E-state index contributed by atoms with van der Waals surface area (Å²) in [5.74, 6) is -0.290. The van der Waals surface area contributed by atoms with Gasteiger partial charge in [0, 0.05) is 5.69 Å². The Morgan fingerprint density at radius 3 is 2.59 bits per heavy atom. The highest BCUT2D eigenvalue weighted by Crippen LogP contribution is 2.14. The monoisotopic (exact) mass is 299 g/mol. The predicted octanol–water partition coefficient (Wildman–Crippen LogP) is 2.90. The molecule has 2 rings (SSSR count). The van der Waals surface area contributed by atoms with Gasteiger partial charge in [-0.3, -0.25) is 0 Å². The molecule has 2 amide bonds. The van der Waals surface area contributed by atoms with Crippen LogP contribution >= 0.6 is 0 Å². The maximum Gasteiger partial charge on any atom is 0.319 e. The zero-order chi connectivity index (χ0) is 15.8. The highest BCUT2D eigenvalue weighted by molar-refractivity contribution is 5.89. The molecule has 0 bridgehead atoms. The molecule has 0 aromatic heterocycles. The topological polar surface area (TPSA) is 74.2 Å². The number of hydrogen-bond acceptors (Lipinski definition) is 3. The van der Waals surface area contributed by atoms with Gasteiger partial charge in [-0.05, 0) is 36.4 Å². The molecule has 0 aliphatic carbocycles. The Morgan fingerprint density at radius 2 is 1.91 bits per heavy atom. The fourth-order valence-electron chi connectivity index (χ4n) is 1.69. The number of anilines is 1. The number of nitriles is 1. The molecule has 0 saturated carbocycles. The molecule has 0 aliphatic heterocycles. The number of rotatable bonds is 5. The Bertz CT molecular complexity index is 681. The average Bonchev–Trinajstić information content (AvgIpc) is 2.54. The van der Waals surface area contributed by atoms with Crippen molar-refractivity contribution in [2.75, 3.05) is 18.5 Å². The molecule has 2 N–H and O–H groups in total. The maximum atomic E-state index is 13.3. The number of para-hydroxylation sites is 1. The van der Waals surface area contributed by atoms with E-state index < -0.39 is 11.8 Å². The van der Waals surface area contributed by atoms with Crippen molar-refractivity contribution in [2.24, 2.45) is 0 Å². The van der Waals surface area contributed by atoms with Crippen LogP contribution in [0.2, 0.25) is 0 Å². The number of ether oxygens (including phenoxy) is 1. The fourth-order valence-corrected chi connectivity index (χ4v) is 1.69. The zero-order valence-electron chi connectivity index (χ0n) is 11.7. The first-order chi connectivity index (χ1) is 10.7. The van der Waals surface area contributed by atoms with Gasteiger partial charge in [0.15, 0.2) is 11.6 Å². The predicted molar refractivity (Wildman–Crippen MR) is 80.1 cm³/mol. The molecule has 0 unspecified atom stereocenters. The minimum absolute atomic E-state index is 0.150. The van der Waals surface area contributed by atoms with E-state index in [1.165, 1.54) is 12.1 Å². The van der Waals surface area contributed by atoms with Gasteiger partial charge in [-0.2, -0.15) is 5.26 Å². The van der Waals surface area contributed by atoms with Crippen molar-refractivity contribution in [3.63, 3.8) is 0 Å². The number of halogens is 1. The van der Waals surface area contributed by atoms with Crippen LogP contribution < -0.4 is 15.4 Å². The zero-order valence-corrected chi connectivity index (χ0v) is 11.7. The molecule has 0 aliphatic rings. The second-order valence-electron chi connectivity index (χ2n) is 4.35. The third-order valence-electron chi connectivity index (χ3n) is 2.75. The Kier molecular flexibility index (Phi) is 5.32. The molecule has 2 aromatic carbocycles. The summed E-state index contributed by atoms with van der Waals surface area (Å²) in [6.07, 6.45) is 0. The lowest BCUT2D eigenvalue weighted by Crippen LogP contribution is -2.32. The van der Waals surface area contributed by atoms with Crippen LogP contribution in [0.5, 0.6) is 5.75 Å². The first-order valence-corrected chi connectivity index (χ1v) is 6.61. The first kappa shape index (κ1) is 15.3. The highest BCUT2D eigenvalue weighted by atomic mass is 19.1. The molecule has 6 heteroatoms. The molecular weight excluding hydrogens is 285 g/mol. The lowest BCUT2D eigenvalue weighted by molar-refractivity contribution is 0.246. The quantitative estimate of drug-likeness (QED) is 0.834. The number of carbonyl (C=O) groups is 1. The third-order valence-corrected chi connectivity index (χ3v) is 2.75. The van der Waals surface area contributed by atoms with E-state index in [0.717, 1.165) is 0 Å². The lowest BCUT2D eigenvalue weighted by Gasteiger charge is -2.09. The molecule has 112 valence electrons. The molecule has 2 aromatic rings. The number of nitrogens with zero attached hydrogens (tertiary/aromatic N) is 1. The van der Waals surface area contributed by atoms with Crippen molar-refractivity contribution in [1.82, 2.24) is 5.32 Å². The average molecular weight is 299 g/mol. The van der Waals surface area contributed by atoms with Crippen LogP contribution in [0, 0.1) is 17.1 Å². The van der Waals surface area contributed by atoms with Gasteiger partial charge in [0.05, 0.1) is 18.2 Å². The number of benzene rings is 2. The van der Waals surface area contributed by atoms with Gasteiger partial charge in [0.2, 0.25) is 0 Å². The number of hydrogen-bond donors (Lipinski definition) is 2. The number of nitrogens with one attached hydrogen (secondary N) is 2. The van der Waals surface area contributed by atoms with Crippen LogP contribution in [0.3, 0.4) is 0 Å². The highest BCUT2D eigenvalue weighted by Gasteiger charge is 2.03. The summed E-state index contributed by atoms with van der Waals surface area (Å²) in [7, 11) is 0. The minimum atomic E-state index is -0.440. The molecule has 0 atom stereocenters. The molecule has 0 saturated heterocycles. The largest absolute Gasteiger partial charge is 0.489 e. The maximum absolute atomic E-state index is 13.3. The summed E-state index contributed by atoms with van der Waals surface area (Å²) in [6, 6.07) is 14.1. The first-order valence-electron chi connectivity index (χ1n) is 6.61. The van der Waals surface area contributed by atoms with Gasteiger partial charge in [-0.15, -0.1) is 0 Å². The number of amides is 2. The molecule has 0 fully saturated rings. The van der Waals surface area contributed by atoms with E-state index >= 15 is 0 Å². The van der Waals surface area contributed by atoms with Crippen molar-refractivity contribution in [3.05, 3.63) is 59.9 Å². The van der Waals surface area contributed by atoms with Crippen molar-refractivity contribution < 1.29 is 13.9 Å². The summed E-state index contributed by atoms with van der Waals surface area (Å²) in [6.45, 7) is 0.387. The van der Waals surface area contributed by atoms with Gasteiger partial charge < -0.3 is 15.4 Å². The Labute approximate surface area is 127 Å². The smallest absolute Gasteiger partial charge is 0.319 e. The van der Waals surface area contributed by atoms with E-state index in [-0.39, 0.29) is 18.9 Å². The minimum Gasteiger partial charge on any atom is -0.489 e. The molecule has 0 heterocycles. The number of carbonyl (C=O) groups excluding carboxylic acids is 1. The van der Waals surface area contributed by atoms with Crippen LogP contribution in [-0.4, -0.2) is 19.2 Å². The fraction of sp³-hybridized carbons (Fsp3) is 0.125. The van der Waals surface area contributed by atoms with E-state index in [4.69, 9.17) is 10.00 Å². The summed E-state index contributed by atoms with van der Waals surface area (Å²) in [5.41, 5.74) is 1.09. The summed E-state index contributed by atoms with van der Waals surface area (Å²) in [5, 5.41) is 13.9. The standard InChI is InChI=1S/C16H14FN3O2/c17-14-3-1-2-4-15(14)22-10-9-19-16(21)20-13-7-5-12(11-18)6-8-13/h1-8H,9-10H2,(H2,19,20,21). The van der Waals surface area contributed by atoms with E-state index in [9.17, 15) is 9.18 Å². The van der Waals surface area contributed by atoms with E-state index in [0.29, 0.717) is 11.3 Å². The molecular formula is C16H14FN3O2. The van der Waals surface area contributed by atoms with Crippen LogP contribution in [0.25, 0.3) is 0 Å². The van der Waals surface area contributed by atoms with Crippen LogP contribution in [-0.2, 0) is 0 Å². The molecule has 22 heavy (non-hydrogen) atoms. The van der Waals surface area contributed by atoms with Crippen LogP contribution in [0.15, 0.2) is 48.5 Å². The molecule has 0 radical (unpaired) electrons. The van der Waals surface area contributed by atoms with E-state index in [1.807, 2.05) is 6.07 Å². The summed E-state index contributed by atoms with van der Waals surface area (Å²) in [4.78, 5) is 11.6. The van der Waals surface area contributed by atoms with Crippen LogP contribution in [0.4, 0.5) is 14.9 Å². The van der Waals surface area contributed by atoms with Gasteiger partial charge in [0.1, 0.15) is 6.61 Å². The van der Waals surface area contributed by atoms with Gasteiger partial charge >= 0.3 is 6.03 Å². The van der Waals surface area contributed by atoms with Crippen molar-refractivity contribution >= 4 is 11.7 Å². The van der Waals surface area contributed by atoms with E-state index in [2.05, 4.69) is 10.6 Å². The Morgan fingerprint density at radius 1 is 1.18 bits per heavy atom. The van der Waals surface area contributed by atoms with Gasteiger partial charge in [-0.25, -0.2) is 9.18 Å². The van der Waals surface area contributed by atoms with E-state index in [1.54, 1.807) is 36.4 Å². The van der Waals surface area contributed by atoms with Gasteiger partial charge in [0.25, 0.3) is 0 Å². The number of urea groups is 1. The Balaban J connectivity index is 1.71.